The van der Waals surface area contributed by atoms with E-state index in [-0.39, 0.29) is 0 Å². The van der Waals surface area contributed by atoms with Gasteiger partial charge in [-0.1, -0.05) is 105 Å². The number of aryl methyl sites for hydroxylation is 1. The largest absolute Gasteiger partial charge is 0.309 e. The second-order valence-corrected chi connectivity index (χ2v) is 13.2. The molecule has 0 atom stereocenters. The predicted octanol–water partition coefficient (Wildman–Crippen LogP) is 12.0. The lowest BCUT2D eigenvalue weighted by Gasteiger charge is -2.13. The van der Waals surface area contributed by atoms with E-state index in [1.807, 2.05) is 55.5 Å². The number of para-hydroxylation sites is 1. The van der Waals surface area contributed by atoms with Crippen LogP contribution in [0.4, 0.5) is 0 Å². The van der Waals surface area contributed by atoms with Crippen LogP contribution in [-0.2, 0) is 6.42 Å². The molecule has 0 N–H and O–H groups in total. The van der Waals surface area contributed by atoms with E-state index >= 15 is 0 Å². The molecule has 4 heterocycles. The minimum Gasteiger partial charge on any atom is -0.309 e. The summed E-state index contributed by atoms with van der Waals surface area (Å²) in [6.45, 7) is 10.4. The Bertz CT molecular complexity index is 2650. The Morgan fingerprint density at radius 2 is 1.41 bits per heavy atom. The SMILES string of the molecule is C=C/C(=C\C=C/C)c1nc(-c2ccccc2)nc(-c2cccc(-n3c(/C=C\C)c(CC)c4cc5c6ccsc6n(-c6ccccc6)c5cc43)c2)n1. The van der Waals surface area contributed by atoms with E-state index in [1.54, 1.807) is 17.4 Å². The van der Waals surface area contributed by atoms with E-state index in [2.05, 4.69) is 120 Å². The van der Waals surface area contributed by atoms with Gasteiger partial charge in [0.05, 0.1) is 11.0 Å². The minimum atomic E-state index is 0.579. The number of nitrogens with zero attached hydrogens (tertiary/aromatic N) is 5. The van der Waals surface area contributed by atoms with E-state index < -0.39 is 0 Å². The highest BCUT2D eigenvalue weighted by atomic mass is 32.1. The molecule has 4 aromatic heterocycles. The fourth-order valence-electron chi connectivity index (χ4n) is 6.98. The first kappa shape index (κ1) is 32.1. The van der Waals surface area contributed by atoms with E-state index in [0.29, 0.717) is 17.5 Å². The maximum atomic E-state index is 5.03. The average Bonchev–Trinajstić information content (AvgIpc) is 3.86. The molecule has 0 fully saturated rings. The van der Waals surface area contributed by atoms with Crippen LogP contribution in [0.15, 0.2) is 145 Å². The molecule has 0 radical (unpaired) electrons. The zero-order chi connectivity index (χ0) is 34.9. The van der Waals surface area contributed by atoms with Gasteiger partial charge in [0.1, 0.15) is 4.83 Å². The monoisotopic (exact) mass is 679 g/mol. The van der Waals surface area contributed by atoms with Crippen molar-refractivity contribution < 1.29 is 0 Å². The first-order chi connectivity index (χ1) is 25.1. The van der Waals surface area contributed by atoms with Gasteiger partial charge in [-0.3, -0.25) is 0 Å². The van der Waals surface area contributed by atoms with Gasteiger partial charge < -0.3 is 9.13 Å². The Morgan fingerprint density at radius 1 is 0.706 bits per heavy atom. The molecule has 8 rings (SSSR count). The molecular weight excluding hydrogens is 643 g/mol. The summed E-state index contributed by atoms with van der Waals surface area (Å²) >= 11 is 1.79. The summed E-state index contributed by atoms with van der Waals surface area (Å²) in [7, 11) is 0. The number of hydrogen-bond acceptors (Lipinski definition) is 4. The molecule has 8 aromatic rings. The molecule has 0 saturated heterocycles. The summed E-state index contributed by atoms with van der Waals surface area (Å²) < 4.78 is 4.80. The van der Waals surface area contributed by atoms with Crippen molar-refractivity contribution in [2.75, 3.05) is 0 Å². The molecule has 0 unspecified atom stereocenters. The van der Waals surface area contributed by atoms with Crippen LogP contribution >= 0.6 is 11.3 Å². The van der Waals surface area contributed by atoms with Gasteiger partial charge in [0, 0.05) is 49.9 Å². The molecule has 0 bridgehead atoms. The van der Waals surface area contributed by atoms with Gasteiger partial charge in [0.2, 0.25) is 0 Å². The number of aromatic nitrogens is 5. The zero-order valence-electron chi connectivity index (χ0n) is 28.9. The fourth-order valence-corrected chi connectivity index (χ4v) is 7.93. The van der Waals surface area contributed by atoms with Gasteiger partial charge in [-0.15, -0.1) is 11.3 Å². The Kier molecular flexibility index (Phi) is 8.60. The fraction of sp³-hybridized carbons (Fsp3) is 0.0889. The van der Waals surface area contributed by atoms with Crippen LogP contribution in [-0.4, -0.2) is 24.1 Å². The van der Waals surface area contributed by atoms with Crippen LogP contribution in [0.25, 0.3) is 77.8 Å². The van der Waals surface area contributed by atoms with E-state index in [0.717, 1.165) is 40.0 Å². The van der Waals surface area contributed by atoms with Crippen molar-refractivity contribution in [1.29, 1.82) is 0 Å². The smallest absolute Gasteiger partial charge is 0.164 e. The summed E-state index contributed by atoms with van der Waals surface area (Å²) in [5.41, 5.74) is 9.72. The summed E-state index contributed by atoms with van der Waals surface area (Å²) in [4.78, 5) is 16.2. The standard InChI is InChI=1S/C45H37N5S/c1-5-9-18-30(7-3)42-46-43(31-19-12-10-13-20-31)48-44(47-42)32-21-16-24-34(27-32)49-39(17-6-2)35(8-4)37-28-38-36-25-26-51-45(36)50(41(38)29-40(37)49)33-22-14-11-15-23-33/h5-7,9-29H,3,8H2,1-2,4H3/b9-5-,17-6-,30-18+. The molecule has 51 heavy (non-hydrogen) atoms. The average molecular weight is 680 g/mol. The van der Waals surface area contributed by atoms with E-state index in [1.165, 1.54) is 37.8 Å². The molecule has 0 saturated carbocycles. The molecule has 0 amide bonds. The predicted molar refractivity (Wildman–Crippen MR) is 217 cm³/mol. The summed E-state index contributed by atoms with van der Waals surface area (Å²) in [5.74, 6) is 1.80. The van der Waals surface area contributed by atoms with Gasteiger partial charge in [0.25, 0.3) is 0 Å². The van der Waals surface area contributed by atoms with Gasteiger partial charge in [-0.05, 0) is 79.8 Å². The summed E-state index contributed by atoms with van der Waals surface area (Å²) in [5, 5.41) is 6.01. The third-order valence-corrected chi connectivity index (χ3v) is 10.2. The highest BCUT2D eigenvalue weighted by Gasteiger charge is 2.21. The Balaban J connectivity index is 1.38. The second-order valence-electron chi connectivity index (χ2n) is 12.3. The molecule has 6 heteroatoms. The Labute approximate surface area is 301 Å². The summed E-state index contributed by atoms with van der Waals surface area (Å²) in [6.07, 6.45) is 13.0. The third-order valence-electron chi connectivity index (χ3n) is 9.28. The molecule has 5 nitrogen and oxygen atoms in total. The number of benzene rings is 4. The third kappa shape index (κ3) is 5.64. The molecule has 0 spiro atoms. The van der Waals surface area contributed by atoms with Crippen molar-refractivity contribution in [2.45, 2.75) is 27.2 Å². The number of allylic oxidation sites excluding steroid dienone is 6. The highest BCUT2D eigenvalue weighted by Crippen LogP contribution is 2.41. The van der Waals surface area contributed by atoms with Crippen LogP contribution < -0.4 is 0 Å². The Morgan fingerprint density at radius 3 is 2.14 bits per heavy atom. The van der Waals surface area contributed by atoms with Gasteiger partial charge >= 0.3 is 0 Å². The quantitative estimate of drug-likeness (QED) is 0.143. The summed E-state index contributed by atoms with van der Waals surface area (Å²) in [6, 6.07) is 36.3. The molecule has 248 valence electrons. The van der Waals surface area contributed by atoms with Crippen molar-refractivity contribution in [3.05, 3.63) is 163 Å². The number of thiophene rings is 1. The molecule has 4 aromatic carbocycles. The van der Waals surface area contributed by atoms with Crippen LogP contribution in [0, 0.1) is 0 Å². The van der Waals surface area contributed by atoms with E-state index in [4.69, 9.17) is 15.0 Å². The topological polar surface area (TPSA) is 48.5 Å². The highest BCUT2D eigenvalue weighted by molar-refractivity contribution is 7.17. The van der Waals surface area contributed by atoms with Crippen LogP contribution in [0.5, 0.6) is 0 Å². The van der Waals surface area contributed by atoms with Crippen molar-refractivity contribution in [3.8, 4) is 34.2 Å². The minimum absolute atomic E-state index is 0.579. The zero-order valence-corrected chi connectivity index (χ0v) is 29.7. The molecule has 0 aliphatic rings. The second kappa shape index (κ2) is 13.7. The number of hydrogen-bond donors (Lipinski definition) is 0. The first-order valence-corrected chi connectivity index (χ1v) is 18.2. The maximum Gasteiger partial charge on any atom is 0.164 e. The first-order valence-electron chi connectivity index (χ1n) is 17.3. The molecular formula is C45H37N5S. The molecule has 0 aliphatic heterocycles. The van der Waals surface area contributed by atoms with Crippen molar-refractivity contribution in [2.24, 2.45) is 0 Å². The normalized spacial score (nSPS) is 12.3. The lowest BCUT2D eigenvalue weighted by Crippen LogP contribution is -2.03. The lowest BCUT2D eigenvalue weighted by molar-refractivity contribution is 1.03. The lowest BCUT2D eigenvalue weighted by atomic mass is 10.1. The van der Waals surface area contributed by atoms with Gasteiger partial charge in [-0.2, -0.15) is 0 Å². The van der Waals surface area contributed by atoms with E-state index in [9.17, 15) is 0 Å². The number of fused-ring (bicyclic) bond motifs is 4. The van der Waals surface area contributed by atoms with Crippen LogP contribution in [0.1, 0.15) is 37.9 Å². The van der Waals surface area contributed by atoms with Crippen LogP contribution in [0.3, 0.4) is 0 Å². The van der Waals surface area contributed by atoms with Crippen molar-refractivity contribution >= 4 is 55.0 Å². The van der Waals surface area contributed by atoms with Crippen LogP contribution in [0.2, 0.25) is 0 Å². The van der Waals surface area contributed by atoms with Gasteiger partial charge in [0.15, 0.2) is 17.5 Å². The van der Waals surface area contributed by atoms with Crippen molar-refractivity contribution in [3.63, 3.8) is 0 Å². The van der Waals surface area contributed by atoms with Crippen molar-refractivity contribution in [1.82, 2.24) is 24.1 Å². The maximum absolute atomic E-state index is 5.03. The van der Waals surface area contributed by atoms with Gasteiger partial charge in [-0.25, -0.2) is 15.0 Å². The Hall–Kier alpha value is -6.11. The molecule has 0 aliphatic carbocycles. The number of rotatable bonds is 9.